The Morgan fingerprint density at radius 2 is 1.74 bits per heavy atom. The quantitative estimate of drug-likeness (QED) is 0.638. The van der Waals surface area contributed by atoms with Crippen LogP contribution in [0.5, 0.6) is 5.75 Å². The molecule has 34 heavy (non-hydrogen) atoms. The molecule has 0 bridgehead atoms. The van der Waals surface area contributed by atoms with Gasteiger partial charge in [0.25, 0.3) is 5.91 Å². The Balaban J connectivity index is 1.50. The van der Waals surface area contributed by atoms with Gasteiger partial charge in [0.05, 0.1) is 19.3 Å². The highest BCUT2D eigenvalue weighted by Crippen LogP contribution is 2.39. The number of rotatable bonds is 8. The van der Waals surface area contributed by atoms with E-state index in [2.05, 4.69) is 9.80 Å². The molecule has 2 fully saturated rings. The van der Waals surface area contributed by atoms with E-state index in [1.54, 1.807) is 17.0 Å². The molecule has 182 valence electrons. The second-order valence-electron chi connectivity index (χ2n) is 9.08. The second-order valence-corrected chi connectivity index (χ2v) is 9.08. The summed E-state index contributed by atoms with van der Waals surface area (Å²) in [7, 11) is 3.94. The molecule has 0 unspecified atom stereocenters. The topological polar surface area (TPSA) is 88.3 Å². The number of carbonyl (C=O) groups excluding carboxylic acids is 2. The van der Waals surface area contributed by atoms with Gasteiger partial charge in [-0.05, 0) is 50.3 Å². The summed E-state index contributed by atoms with van der Waals surface area (Å²) in [6, 6.07) is 16.0. The maximum absolute atomic E-state index is 13.7. The lowest BCUT2D eigenvalue weighted by molar-refractivity contribution is -0.122. The number of nitrogens with two attached hydrogens (primary N) is 1. The van der Waals surface area contributed by atoms with E-state index in [1.807, 2.05) is 56.6 Å². The highest BCUT2D eigenvalue weighted by molar-refractivity contribution is 5.98. The van der Waals surface area contributed by atoms with Gasteiger partial charge < -0.3 is 25.0 Å². The zero-order valence-electron chi connectivity index (χ0n) is 19.9. The van der Waals surface area contributed by atoms with Crippen LogP contribution in [0.2, 0.25) is 0 Å². The van der Waals surface area contributed by atoms with Crippen LogP contribution in [0.25, 0.3) is 0 Å². The number of nitrogens with zero attached hydrogens (tertiary/aromatic N) is 3. The zero-order chi connectivity index (χ0) is 24.1. The molecule has 2 aromatic rings. The highest BCUT2D eigenvalue weighted by Gasteiger charge is 2.47. The fourth-order valence-corrected chi connectivity index (χ4v) is 4.86. The third-order valence-electron chi connectivity index (χ3n) is 6.71. The Kier molecular flexibility index (Phi) is 7.82. The van der Waals surface area contributed by atoms with Crippen LogP contribution in [0.4, 0.5) is 0 Å². The van der Waals surface area contributed by atoms with Gasteiger partial charge in [-0.3, -0.25) is 14.5 Å². The molecule has 2 aliphatic rings. The number of benzene rings is 2. The summed E-state index contributed by atoms with van der Waals surface area (Å²) in [5, 5.41) is 0. The summed E-state index contributed by atoms with van der Waals surface area (Å²) in [4.78, 5) is 32.1. The summed E-state index contributed by atoms with van der Waals surface area (Å²) in [5.74, 6) is 0.0204. The molecule has 8 heteroatoms. The maximum Gasteiger partial charge on any atom is 0.255 e. The Morgan fingerprint density at radius 3 is 2.35 bits per heavy atom. The molecule has 0 saturated carbocycles. The number of amides is 2. The predicted octanol–water partition coefficient (Wildman–Crippen LogP) is 1.77. The number of hydrogen-bond acceptors (Lipinski definition) is 6. The summed E-state index contributed by atoms with van der Waals surface area (Å²) >= 11 is 0. The van der Waals surface area contributed by atoms with Crippen molar-refractivity contribution in [1.82, 2.24) is 14.7 Å². The van der Waals surface area contributed by atoms with E-state index < -0.39 is 11.9 Å². The normalized spacial score (nSPS) is 23.3. The number of likely N-dealkylation sites (N-methyl/N-ethyl adjacent to an activating group) is 1. The first-order valence-corrected chi connectivity index (χ1v) is 11.8. The van der Waals surface area contributed by atoms with Gasteiger partial charge in [-0.1, -0.05) is 30.3 Å². The molecule has 0 aromatic heterocycles. The minimum Gasteiger partial charge on any atom is -0.492 e. The third kappa shape index (κ3) is 5.41. The Hall–Kier alpha value is -2.94. The smallest absolute Gasteiger partial charge is 0.255 e. The average molecular weight is 467 g/mol. The molecule has 2 aliphatic heterocycles. The summed E-state index contributed by atoms with van der Waals surface area (Å²) < 4.78 is 11.2. The first-order valence-electron chi connectivity index (χ1n) is 11.8. The van der Waals surface area contributed by atoms with Crippen molar-refractivity contribution in [3.63, 3.8) is 0 Å². The van der Waals surface area contributed by atoms with E-state index in [1.165, 1.54) is 0 Å². The molecule has 2 N–H and O–H groups in total. The van der Waals surface area contributed by atoms with Gasteiger partial charge in [0.15, 0.2) is 0 Å². The maximum atomic E-state index is 13.7. The van der Waals surface area contributed by atoms with Crippen LogP contribution >= 0.6 is 0 Å². The fraction of sp³-hybridized carbons (Fsp3) is 0.462. The van der Waals surface area contributed by atoms with Crippen LogP contribution in [0.15, 0.2) is 54.6 Å². The van der Waals surface area contributed by atoms with Crippen molar-refractivity contribution in [1.29, 1.82) is 0 Å². The van der Waals surface area contributed by atoms with Gasteiger partial charge in [-0.2, -0.15) is 0 Å². The number of ether oxygens (including phenoxy) is 2. The number of morpholine rings is 1. The number of primary amides is 1. The highest BCUT2D eigenvalue weighted by atomic mass is 16.5. The number of carbonyl (C=O) groups is 2. The lowest BCUT2D eigenvalue weighted by Gasteiger charge is -2.33. The van der Waals surface area contributed by atoms with Crippen LogP contribution in [0.3, 0.4) is 0 Å². The molecule has 3 atom stereocenters. The Bertz CT molecular complexity index is 961. The zero-order valence-corrected chi connectivity index (χ0v) is 19.9. The largest absolute Gasteiger partial charge is 0.492 e. The molecule has 8 nitrogen and oxygen atoms in total. The molecule has 2 aromatic carbocycles. The summed E-state index contributed by atoms with van der Waals surface area (Å²) in [6.07, 6.45) is 0.496. The van der Waals surface area contributed by atoms with E-state index >= 15 is 0 Å². The second kappa shape index (κ2) is 11.0. The van der Waals surface area contributed by atoms with Crippen molar-refractivity contribution >= 4 is 11.8 Å². The van der Waals surface area contributed by atoms with E-state index in [-0.39, 0.29) is 18.0 Å². The SMILES string of the molecule is CN(C)[C@@H]1C[C@@H](C(N)=O)N(C(=O)c2ccc(OCCN3CCOCC3)cc2)[C@H]1c1ccccc1. The molecule has 0 aliphatic carbocycles. The van der Waals surface area contributed by atoms with Gasteiger partial charge in [0.2, 0.25) is 5.91 Å². The number of likely N-dealkylation sites (tertiary alicyclic amines) is 1. The standard InChI is InChI=1S/C26H34N4O4/c1-28(2)22-18-23(25(27)31)30(24(22)19-6-4-3-5-7-19)26(32)20-8-10-21(11-9-20)34-17-14-29-12-15-33-16-13-29/h3-11,22-24H,12-18H2,1-2H3,(H2,27,31)/t22-,23+,24+/m1/s1. The minimum atomic E-state index is -0.672. The molecule has 0 radical (unpaired) electrons. The predicted molar refractivity (Wildman–Crippen MR) is 130 cm³/mol. The lowest BCUT2D eigenvalue weighted by Crippen LogP contribution is -2.45. The summed E-state index contributed by atoms with van der Waals surface area (Å²) in [5.41, 5.74) is 7.26. The van der Waals surface area contributed by atoms with Crippen molar-refractivity contribution < 1.29 is 19.1 Å². The van der Waals surface area contributed by atoms with Crippen molar-refractivity contribution in [3.8, 4) is 5.75 Å². The van der Waals surface area contributed by atoms with E-state index in [0.717, 1.165) is 38.4 Å². The van der Waals surface area contributed by atoms with Gasteiger partial charge in [-0.25, -0.2) is 0 Å². The molecule has 2 saturated heterocycles. The van der Waals surface area contributed by atoms with Crippen molar-refractivity contribution in [3.05, 3.63) is 65.7 Å². The average Bonchev–Trinajstić information content (AvgIpc) is 3.27. The van der Waals surface area contributed by atoms with Crippen molar-refractivity contribution in [2.45, 2.75) is 24.5 Å². The Morgan fingerprint density at radius 1 is 1.06 bits per heavy atom. The molecular weight excluding hydrogens is 432 g/mol. The van der Waals surface area contributed by atoms with E-state index in [0.29, 0.717) is 24.3 Å². The molecule has 4 rings (SSSR count). The monoisotopic (exact) mass is 466 g/mol. The van der Waals surface area contributed by atoms with Crippen molar-refractivity contribution in [2.24, 2.45) is 5.73 Å². The van der Waals surface area contributed by atoms with Gasteiger partial charge in [0, 0.05) is 31.2 Å². The number of hydrogen-bond donors (Lipinski definition) is 1. The molecule has 2 heterocycles. The van der Waals surface area contributed by atoms with Crippen molar-refractivity contribution in [2.75, 3.05) is 53.6 Å². The van der Waals surface area contributed by atoms with Gasteiger partial charge in [-0.15, -0.1) is 0 Å². The van der Waals surface area contributed by atoms with Gasteiger partial charge >= 0.3 is 0 Å². The third-order valence-corrected chi connectivity index (χ3v) is 6.71. The van der Waals surface area contributed by atoms with Crippen LogP contribution in [-0.2, 0) is 9.53 Å². The molecule has 0 spiro atoms. The fourth-order valence-electron chi connectivity index (χ4n) is 4.86. The van der Waals surface area contributed by atoms with Gasteiger partial charge in [0.1, 0.15) is 18.4 Å². The Labute approximate surface area is 201 Å². The molecular formula is C26H34N4O4. The van der Waals surface area contributed by atoms with Crippen LogP contribution in [-0.4, -0.2) is 92.1 Å². The molecule has 2 amide bonds. The van der Waals surface area contributed by atoms with Crippen LogP contribution in [0.1, 0.15) is 28.4 Å². The summed E-state index contributed by atoms with van der Waals surface area (Å²) in [6.45, 7) is 4.78. The lowest BCUT2D eigenvalue weighted by atomic mass is 9.98. The van der Waals surface area contributed by atoms with Crippen LogP contribution < -0.4 is 10.5 Å². The van der Waals surface area contributed by atoms with E-state index in [9.17, 15) is 9.59 Å². The van der Waals surface area contributed by atoms with E-state index in [4.69, 9.17) is 15.2 Å². The first-order chi connectivity index (χ1) is 16.5. The minimum absolute atomic E-state index is 0.0216. The van der Waals surface area contributed by atoms with Crippen LogP contribution in [0, 0.1) is 0 Å². The first kappa shape index (κ1) is 24.2.